The lowest BCUT2D eigenvalue weighted by Crippen LogP contribution is -2.54. The summed E-state index contributed by atoms with van der Waals surface area (Å²) in [5.41, 5.74) is 0.984. The predicted octanol–water partition coefficient (Wildman–Crippen LogP) is 3.24. The van der Waals surface area contributed by atoms with Gasteiger partial charge in [0.2, 0.25) is 10.0 Å². The molecule has 0 saturated heterocycles. The Bertz CT molecular complexity index is 1310. The SMILES string of the molecule is CNC(=S)C1(c2ccc3nccn3c2)CCCCC1OC(=O)CNS(=O)(=O)c1ccc(Cl)cc1. The van der Waals surface area contributed by atoms with Gasteiger partial charge in [0, 0.05) is 30.7 Å². The number of benzene rings is 1. The van der Waals surface area contributed by atoms with Crippen LogP contribution in [0.25, 0.3) is 5.65 Å². The van der Waals surface area contributed by atoms with E-state index in [1.165, 1.54) is 24.3 Å². The van der Waals surface area contributed by atoms with Crippen LogP contribution in [0.3, 0.4) is 0 Å². The molecule has 8 nitrogen and oxygen atoms in total. The fourth-order valence-corrected chi connectivity index (χ4v) is 5.93. The highest BCUT2D eigenvalue weighted by Crippen LogP contribution is 2.42. The molecule has 1 aliphatic carbocycles. The molecule has 2 unspecified atom stereocenters. The van der Waals surface area contributed by atoms with Gasteiger partial charge in [-0.1, -0.05) is 36.3 Å². The van der Waals surface area contributed by atoms with E-state index < -0.39 is 34.1 Å². The second-order valence-corrected chi connectivity index (χ2v) is 10.8. The first-order chi connectivity index (χ1) is 16.3. The van der Waals surface area contributed by atoms with Gasteiger partial charge in [-0.25, -0.2) is 13.4 Å². The molecule has 2 heterocycles. The second kappa shape index (κ2) is 9.99. The van der Waals surface area contributed by atoms with Crippen molar-refractivity contribution in [3.8, 4) is 0 Å². The Hall–Kier alpha value is -2.53. The van der Waals surface area contributed by atoms with E-state index in [2.05, 4.69) is 15.0 Å². The van der Waals surface area contributed by atoms with E-state index in [0.717, 1.165) is 24.1 Å². The topological polar surface area (TPSA) is 102 Å². The quantitative estimate of drug-likeness (QED) is 0.364. The van der Waals surface area contributed by atoms with Gasteiger partial charge >= 0.3 is 5.97 Å². The normalized spacial score (nSPS) is 20.7. The molecule has 2 aromatic heterocycles. The van der Waals surface area contributed by atoms with Gasteiger partial charge in [0.15, 0.2) is 0 Å². The number of carbonyl (C=O) groups is 1. The third-order valence-electron chi connectivity index (χ3n) is 6.18. The molecular weight excluding hydrogens is 496 g/mol. The Kier molecular flexibility index (Phi) is 7.22. The average molecular weight is 521 g/mol. The van der Waals surface area contributed by atoms with Crippen LogP contribution >= 0.6 is 23.8 Å². The molecule has 1 aromatic carbocycles. The Morgan fingerprint density at radius 2 is 2.03 bits per heavy atom. The van der Waals surface area contributed by atoms with Crippen LogP contribution in [0.2, 0.25) is 5.02 Å². The molecule has 34 heavy (non-hydrogen) atoms. The number of fused-ring (bicyclic) bond motifs is 1. The van der Waals surface area contributed by atoms with Crippen LogP contribution in [0.4, 0.5) is 0 Å². The number of thiocarbonyl (C=S) groups is 1. The summed E-state index contributed by atoms with van der Waals surface area (Å²) in [7, 11) is -2.13. The van der Waals surface area contributed by atoms with Gasteiger partial charge in [0.05, 0.1) is 15.3 Å². The molecule has 1 saturated carbocycles. The first-order valence-electron chi connectivity index (χ1n) is 10.9. The predicted molar refractivity (Wildman–Crippen MR) is 134 cm³/mol. The molecule has 0 amide bonds. The zero-order chi connectivity index (χ0) is 24.3. The Labute approximate surface area is 208 Å². The molecule has 2 atom stereocenters. The Morgan fingerprint density at radius 1 is 1.26 bits per heavy atom. The van der Waals surface area contributed by atoms with E-state index in [-0.39, 0.29) is 4.90 Å². The zero-order valence-electron chi connectivity index (χ0n) is 18.5. The standard InChI is InChI=1S/C23H25ClN4O4S2/c1-25-22(33)23(16-5-10-20-26-12-13-28(20)15-16)11-3-2-4-19(23)32-21(29)14-27-34(30,31)18-8-6-17(24)7-9-18/h5-10,12-13,15,19,27H,2-4,11,14H2,1H3,(H,25,33). The molecule has 1 aliphatic rings. The smallest absolute Gasteiger partial charge is 0.321 e. The van der Waals surface area contributed by atoms with Crippen LogP contribution < -0.4 is 10.0 Å². The minimum absolute atomic E-state index is 0.0155. The lowest BCUT2D eigenvalue weighted by Gasteiger charge is -2.44. The molecule has 0 bridgehead atoms. The van der Waals surface area contributed by atoms with Crippen molar-refractivity contribution in [2.24, 2.45) is 0 Å². The number of aromatic nitrogens is 2. The number of pyridine rings is 1. The fourth-order valence-electron chi connectivity index (χ4n) is 4.48. The zero-order valence-corrected chi connectivity index (χ0v) is 20.9. The molecule has 180 valence electrons. The van der Waals surface area contributed by atoms with Gasteiger partial charge in [0.25, 0.3) is 0 Å². The number of nitrogens with zero attached hydrogens (tertiary/aromatic N) is 2. The largest absolute Gasteiger partial charge is 0.460 e. The summed E-state index contributed by atoms with van der Waals surface area (Å²) < 4.78 is 35.2. The number of sulfonamides is 1. The summed E-state index contributed by atoms with van der Waals surface area (Å²) >= 11 is 11.6. The first kappa shape index (κ1) is 24.6. The van der Waals surface area contributed by atoms with Gasteiger partial charge in [-0.3, -0.25) is 4.79 Å². The summed E-state index contributed by atoms with van der Waals surface area (Å²) in [6, 6.07) is 9.56. The molecule has 4 rings (SSSR count). The summed E-state index contributed by atoms with van der Waals surface area (Å²) in [6.07, 6.45) is 8.08. The number of likely N-dealkylation sites (N-methyl/N-ethyl adjacent to an activating group) is 1. The van der Waals surface area contributed by atoms with Crippen molar-refractivity contribution in [3.63, 3.8) is 0 Å². The Balaban J connectivity index is 1.56. The van der Waals surface area contributed by atoms with Crippen molar-refractivity contribution in [2.75, 3.05) is 13.6 Å². The maximum atomic E-state index is 12.8. The van der Waals surface area contributed by atoms with E-state index in [0.29, 0.717) is 22.9 Å². The number of esters is 1. The molecule has 1 fully saturated rings. The Morgan fingerprint density at radius 3 is 2.76 bits per heavy atom. The molecule has 11 heteroatoms. The third-order valence-corrected chi connectivity index (χ3v) is 8.41. The van der Waals surface area contributed by atoms with Gasteiger partial charge in [-0.05, 0) is 55.2 Å². The van der Waals surface area contributed by atoms with E-state index >= 15 is 0 Å². The maximum absolute atomic E-state index is 12.8. The second-order valence-electron chi connectivity index (χ2n) is 8.16. The van der Waals surface area contributed by atoms with Crippen LogP contribution in [-0.4, -0.2) is 48.5 Å². The van der Waals surface area contributed by atoms with Crippen molar-refractivity contribution < 1.29 is 17.9 Å². The lowest BCUT2D eigenvalue weighted by atomic mass is 9.67. The van der Waals surface area contributed by atoms with Crippen molar-refractivity contribution in [2.45, 2.75) is 42.1 Å². The number of carbonyl (C=O) groups excluding carboxylic acids is 1. The van der Waals surface area contributed by atoms with E-state index in [1.807, 2.05) is 28.9 Å². The van der Waals surface area contributed by atoms with Crippen LogP contribution in [0, 0.1) is 0 Å². The summed E-state index contributed by atoms with van der Waals surface area (Å²) in [5, 5.41) is 3.51. The number of imidazole rings is 1. The molecule has 0 radical (unpaired) electrons. The maximum Gasteiger partial charge on any atom is 0.321 e. The van der Waals surface area contributed by atoms with Crippen LogP contribution in [-0.2, 0) is 25.0 Å². The first-order valence-corrected chi connectivity index (χ1v) is 13.1. The molecular formula is C23H25ClN4O4S2. The highest BCUT2D eigenvalue weighted by atomic mass is 35.5. The molecule has 3 aromatic rings. The number of nitrogens with one attached hydrogen (secondary N) is 2. The van der Waals surface area contributed by atoms with Crippen LogP contribution in [0.5, 0.6) is 0 Å². The monoisotopic (exact) mass is 520 g/mol. The molecule has 0 aliphatic heterocycles. The van der Waals surface area contributed by atoms with Gasteiger partial charge in [0.1, 0.15) is 18.3 Å². The van der Waals surface area contributed by atoms with Crippen molar-refractivity contribution in [1.82, 2.24) is 19.4 Å². The van der Waals surface area contributed by atoms with Crippen molar-refractivity contribution in [1.29, 1.82) is 0 Å². The highest BCUT2D eigenvalue weighted by Gasteiger charge is 2.48. The van der Waals surface area contributed by atoms with Gasteiger partial charge in [-0.2, -0.15) is 4.72 Å². The van der Waals surface area contributed by atoms with Crippen LogP contribution in [0.1, 0.15) is 31.2 Å². The van der Waals surface area contributed by atoms with E-state index in [4.69, 9.17) is 28.6 Å². The number of hydrogen-bond acceptors (Lipinski definition) is 6. The number of hydrogen-bond donors (Lipinski definition) is 2. The van der Waals surface area contributed by atoms with E-state index in [9.17, 15) is 13.2 Å². The summed E-state index contributed by atoms with van der Waals surface area (Å²) in [6.45, 7) is -0.496. The lowest BCUT2D eigenvalue weighted by molar-refractivity contribution is -0.151. The van der Waals surface area contributed by atoms with Crippen molar-refractivity contribution >= 4 is 50.4 Å². The minimum Gasteiger partial charge on any atom is -0.460 e. The summed E-state index contributed by atoms with van der Waals surface area (Å²) in [4.78, 5) is 17.7. The molecule has 0 spiro atoms. The highest BCUT2D eigenvalue weighted by molar-refractivity contribution is 7.89. The van der Waals surface area contributed by atoms with Gasteiger partial charge in [-0.15, -0.1) is 0 Å². The molecule has 2 N–H and O–H groups in total. The fraction of sp³-hybridized carbons (Fsp3) is 0.348. The van der Waals surface area contributed by atoms with E-state index in [1.54, 1.807) is 13.2 Å². The van der Waals surface area contributed by atoms with Gasteiger partial charge < -0.3 is 14.5 Å². The number of halogens is 1. The summed E-state index contributed by atoms with van der Waals surface area (Å²) in [5.74, 6) is -0.670. The van der Waals surface area contributed by atoms with Crippen LogP contribution in [0.15, 0.2) is 59.9 Å². The minimum atomic E-state index is -3.89. The van der Waals surface area contributed by atoms with Crippen molar-refractivity contribution in [3.05, 3.63) is 65.6 Å². The number of ether oxygens (including phenoxy) is 1. The number of rotatable bonds is 7. The average Bonchev–Trinajstić information content (AvgIpc) is 3.31. The third kappa shape index (κ3) is 4.81.